The molecule has 0 aromatic heterocycles. The summed E-state index contributed by atoms with van der Waals surface area (Å²) in [5.74, 6) is 1.74. The number of rotatable bonds is 4. The third kappa shape index (κ3) is 3.71. The first-order chi connectivity index (χ1) is 15.6. The second-order valence-electron chi connectivity index (χ2n) is 10.3. The first-order valence-corrected chi connectivity index (χ1v) is 12.2. The van der Waals surface area contributed by atoms with Crippen molar-refractivity contribution in [3.63, 3.8) is 0 Å². The minimum atomic E-state index is 0.288. The number of nitrogens with one attached hydrogen (secondary N) is 3. The lowest BCUT2D eigenvalue weighted by Crippen LogP contribution is -2.32. The van der Waals surface area contributed by atoms with Crippen molar-refractivity contribution in [2.75, 3.05) is 0 Å². The van der Waals surface area contributed by atoms with Crippen LogP contribution in [-0.4, -0.2) is 11.1 Å². The second-order valence-corrected chi connectivity index (χ2v) is 10.3. The van der Waals surface area contributed by atoms with E-state index >= 15 is 0 Å². The molecule has 0 bridgehead atoms. The van der Waals surface area contributed by atoms with Gasteiger partial charge in [-0.2, -0.15) is 0 Å². The largest absolute Gasteiger partial charge is 0.508 e. The van der Waals surface area contributed by atoms with Crippen LogP contribution >= 0.6 is 0 Å². The van der Waals surface area contributed by atoms with E-state index in [-0.39, 0.29) is 6.04 Å². The average molecular weight is 428 g/mol. The first kappa shape index (κ1) is 20.2. The molecule has 32 heavy (non-hydrogen) atoms. The summed E-state index contributed by atoms with van der Waals surface area (Å²) in [6.45, 7) is 3.36. The van der Waals surface area contributed by atoms with E-state index in [1.165, 1.54) is 53.3 Å². The Kier molecular flexibility index (Phi) is 5.17. The van der Waals surface area contributed by atoms with Gasteiger partial charge >= 0.3 is 0 Å². The fraction of sp³-hybridized carbons (Fsp3) is 0.429. The van der Waals surface area contributed by atoms with Crippen molar-refractivity contribution >= 4 is 10.8 Å². The highest BCUT2D eigenvalue weighted by molar-refractivity contribution is 5.84. The number of phenolic OH excluding ortho intramolecular Hbond substituents is 1. The molecule has 166 valence electrons. The molecule has 4 heteroatoms. The molecule has 3 aromatic carbocycles. The molecule has 1 aliphatic heterocycles. The van der Waals surface area contributed by atoms with E-state index in [0.717, 1.165) is 24.3 Å². The van der Waals surface area contributed by atoms with Gasteiger partial charge in [-0.05, 0) is 89.2 Å². The van der Waals surface area contributed by atoms with Crippen LogP contribution in [0.1, 0.15) is 66.9 Å². The maximum absolute atomic E-state index is 9.75. The quantitative estimate of drug-likeness (QED) is 0.458. The van der Waals surface area contributed by atoms with Crippen molar-refractivity contribution in [2.45, 2.75) is 63.7 Å². The van der Waals surface area contributed by atoms with E-state index in [2.05, 4.69) is 59.5 Å². The van der Waals surface area contributed by atoms with Crippen LogP contribution in [0.4, 0.5) is 0 Å². The van der Waals surface area contributed by atoms with Gasteiger partial charge in [0.15, 0.2) is 0 Å². The highest BCUT2D eigenvalue weighted by Crippen LogP contribution is 2.46. The summed E-state index contributed by atoms with van der Waals surface area (Å²) in [6.07, 6.45) is 6.47. The summed E-state index contributed by atoms with van der Waals surface area (Å²) in [4.78, 5) is 0. The van der Waals surface area contributed by atoms with Crippen LogP contribution in [0.25, 0.3) is 10.8 Å². The van der Waals surface area contributed by atoms with Gasteiger partial charge in [-0.1, -0.05) is 43.3 Å². The highest BCUT2D eigenvalue weighted by Gasteiger charge is 2.43. The molecule has 4 nitrogen and oxygen atoms in total. The highest BCUT2D eigenvalue weighted by atomic mass is 16.3. The van der Waals surface area contributed by atoms with Gasteiger partial charge in [-0.3, -0.25) is 0 Å². The van der Waals surface area contributed by atoms with Crippen molar-refractivity contribution in [1.29, 1.82) is 0 Å². The van der Waals surface area contributed by atoms with Gasteiger partial charge in [0.2, 0.25) is 0 Å². The summed E-state index contributed by atoms with van der Waals surface area (Å²) in [7, 11) is 0. The fourth-order valence-corrected chi connectivity index (χ4v) is 6.14. The normalized spacial score (nSPS) is 29.2. The molecule has 1 heterocycles. The van der Waals surface area contributed by atoms with Crippen molar-refractivity contribution in [2.24, 2.45) is 11.8 Å². The first-order valence-electron chi connectivity index (χ1n) is 12.2. The van der Waals surface area contributed by atoms with Crippen molar-refractivity contribution in [3.05, 3.63) is 76.9 Å². The van der Waals surface area contributed by atoms with E-state index in [1.54, 1.807) is 6.07 Å². The van der Waals surface area contributed by atoms with Gasteiger partial charge in [0, 0.05) is 18.5 Å². The molecular formula is C28H33N3O. The lowest BCUT2D eigenvalue weighted by atomic mass is 9.87. The monoisotopic (exact) mass is 427 g/mol. The number of aromatic hydroxyl groups is 1. The molecular weight excluding hydrogens is 394 g/mol. The predicted octanol–water partition coefficient (Wildman–Crippen LogP) is 5.28. The van der Waals surface area contributed by atoms with Crippen molar-refractivity contribution < 1.29 is 5.11 Å². The molecule has 1 saturated carbocycles. The molecule has 3 aliphatic rings. The summed E-state index contributed by atoms with van der Waals surface area (Å²) < 4.78 is 0. The Hall–Kier alpha value is -2.40. The van der Waals surface area contributed by atoms with Crippen LogP contribution in [0.15, 0.2) is 54.6 Å². The molecule has 3 aromatic rings. The number of hydrogen-bond acceptors (Lipinski definition) is 4. The van der Waals surface area contributed by atoms with Gasteiger partial charge in [-0.25, -0.2) is 10.9 Å². The Labute approximate surface area is 190 Å². The van der Waals surface area contributed by atoms with Gasteiger partial charge in [0.1, 0.15) is 5.75 Å². The number of hydrogen-bond donors (Lipinski definition) is 4. The van der Waals surface area contributed by atoms with Gasteiger partial charge in [0.25, 0.3) is 0 Å². The van der Waals surface area contributed by atoms with E-state index in [0.29, 0.717) is 23.8 Å². The Morgan fingerprint density at radius 1 is 0.875 bits per heavy atom. The molecule has 3 atom stereocenters. The zero-order valence-corrected chi connectivity index (χ0v) is 18.8. The second kappa shape index (κ2) is 8.18. The lowest BCUT2D eigenvalue weighted by Gasteiger charge is -2.27. The molecule has 0 amide bonds. The molecule has 4 N–H and O–H groups in total. The number of phenols is 1. The molecule has 2 aliphatic carbocycles. The molecule has 2 fully saturated rings. The van der Waals surface area contributed by atoms with E-state index in [1.807, 2.05) is 12.1 Å². The van der Waals surface area contributed by atoms with Crippen LogP contribution in [0.3, 0.4) is 0 Å². The standard InChI is InChI=1S/C28H33N3O/c1-17-2-8-23(9-3-17)29-16-18-4-11-25-22(12-18)15-26-27(30-31-28(25)26)21-6-5-20-14-24(32)10-7-19(20)13-21/h4-7,10-14,17,23,26-32H,2-3,8-9,15-16H2,1H3. The third-order valence-corrected chi connectivity index (χ3v) is 8.07. The average Bonchev–Trinajstić information content (AvgIpc) is 3.37. The summed E-state index contributed by atoms with van der Waals surface area (Å²) in [6, 6.07) is 20.6. The van der Waals surface area contributed by atoms with Crippen LogP contribution < -0.4 is 16.2 Å². The minimum Gasteiger partial charge on any atom is -0.508 e. The summed E-state index contributed by atoms with van der Waals surface area (Å²) >= 11 is 0. The van der Waals surface area contributed by atoms with Gasteiger partial charge in [0.05, 0.1) is 12.1 Å². The Morgan fingerprint density at radius 3 is 2.53 bits per heavy atom. The van der Waals surface area contributed by atoms with Crippen LogP contribution in [0.5, 0.6) is 5.75 Å². The number of hydrazine groups is 1. The van der Waals surface area contributed by atoms with Crippen LogP contribution in [-0.2, 0) is 13.0 Å². The zero-order valence-electron chi connectivity index (χ0n) is 18.8. The maximum Gasteiger partial charge on any atom is 0.116 e. The van der Waals surface area contributed by atoms with Gasteiger partial charge in [-0.15, -0.1) is 0 Å². The predicted molar refractivity (Wildman–Crippen MR) is 129 cm³/mol. The number of fused-ring (bicyclic) bond motifs is 4. The zero-order chi connectivity index (χ0) is 21.7. The molecule has 6 rings (SSSR count). The van der Waals surface area contributed by atoms with E-state index in [9.17, 15) is 5.11 Å². The Bertz CT molecular complexity index is 1130. The Balaban J connectivity index is 1.17. The minimum absolute atomic E-state index is 0.288. The van der Waals surface area contributed by atoms with Crippen LogP contribution in [0, 0.1) is 11.8 Å². The third-order valence-electron chi connectivity index (χ3n) is 8.07. The van der Waals surface area contributed by atoms with Crippen molar-refractivity contribution in [1.82, 2.24) is 16.2 Å². The molecule has 0 radical (unpaired) electrons. The smallest absolute Gasteiger partial charge is 0.116 e. The van der Waals surface area contributed by atoms with E-state index in [4.69, 9.17) is 0 Å². The lowest BCUT2D eigenvalue weighted by molar-refractivity contribution is 0.306. The molecule has 0 spiro atoms. The molecule has 3 unspecified atom stereocenters. The fourth-order valence-electron chi connectivity index (χ4n) is 6.14. The van der Waals surface area contributed by atoms with Gasteiger partial charge < -0.3 is 10.4 Å². The molecule has 1 saturated heterocycles. The van der Waals surface area contributed by atoms with Crippen molar-refractivity contribution in [3.8, 4) is 5.75 Å². The maximum atomic E-state index is 9.75. The summed E-state index contributed by atoms with van der Waals surface area (Å²) in [5, 5.41) is 15.8. The van der Waals surface area contributed by atoms with Crippen LogP contribution in [0.2, 0.25) is 0 Å². The van der Waals surface area contributed by atoms with E-state index < -0.39 is 0 Å². The topological polar surface area (TPSA) is 56.3 Å². The summed E-state index contributed by atoms with van der Waals surface area (Å²) in [5.41, 5.74) is 12.8. The number of benzene rings is 3. The Morgan fingerprint density at radius 2 is 1.66 bits per heavy atom. The SMILES string of the molecule is CC1CCC(NCc2ccc3c(c2)CC2C(c4ccc5cc(O)ccc5c4)NNC32)CC1.